The minimum Gasteiger partial charge on any atom is -0.399 e. The molecule has 3 nitrogen and oxygen atoms in total. The highest BCUT2D eigenvalue weighted by Gasteiger charge is 2.05. The summed E-state index contributed by atoms with van der Waals surface area (Å²) in [5.41, 5.74) is 10.1. The van der Waals surface area contributed by atoms with E-state index >= 15 is 0 Å². The molecule has 1 aliphatic heterocycles. The number of nitrogens with two attached hydrogens (primary N) is 1. The molecule has 4 rings (SSSR count). The Balaban J connectivity index is 0.000000320. The summed E-state index contributed by atoms with van der Waals surface area (Å²) < 4.78 is 0. The third-order valence-electron chi connectivity index (χ3n) is 4.49. The smallest absolute Gasteiger partial charge is 0.113 e. The normalized spacial score (nSPS) is 15.1. The zero-order chi connectivity index (χ0) is 19.8. The van der Waals surface area contributed by atoms with E-state index < -0.39 is 0 Å². The van der Waals surface area contributed by atoms with Crippen molar-refractivity contribution in [3.8, 4) is 23.0 Å². The van der Waals surface area contributed by atoms with E-state index in [2.05, 4.69) is 29.1 Å². The molecular weight excluding hydrogens is 366 g/mol. The van der Waals surface area contributed by atoms with Crippen molar-refractivity contribution in [3.63, 3.8) is 0 Å². The molecule has 4 heteroatoms. The maximum Gasteiger partial charge on any atom is 0.113 e. The molecule has 0 radical (unpaired) electrons. The second kappa shape index (κ2) is 9.94. The molecule has 0 bridgehead atoms. The zero-order valence-corrected chi connectivity index (χ0v) is 16.7. The van der Waals surface area contributed by atoms with Crippen LogP contribution in [0.5, 0.6) is 0 Å². The molecule has 2 aromatic carbocycles. The van der Waals surface area contributed by atoms with Crippen molar-refractivity contribution < 1.29 is 0 Å². The minimum atomic E-state index is 0.725. The van der Waals surface area contributed by atoms with Crippen LogP contribution in [0.25, 0.3) is 11.1 Å². The Hall–Kier alpha value is -2.80. The SMILES string of the molecule is CC1CCCN1.Nc1ccc(C#Cc2ccc(-c3ccc(Cl)cc3)cn2)cc1. The molecule has 1 atom stereocenters. The molecule has 1 aliphatic rings. The van der Waals surface area contributed by atoms with Gasteiger partial charge in [-0.3, -0.25) is 0 Å². The predicted octanol–water partition coefficient (Wildman–Crippen LogP) is 5.14. The third kappa shape index (κ3) is 6.13. The summed E-state index contributed by atoms with van der Waals surface area (Å²) in [6.07, 6.45) is 4.57. The Morgan fingerprint density at radius 3 is 2.21 bits per heavy atom. The molecule has 1 saturated heterocycles. The summed E-state index contributed by atoms with van der Waals surface area (Å²) in [5, 5.41) is 4.04. The Morgan fingerprint density at radius 1 is 0.964 bits per heavy atom. The van der Waals surface area contributed by atoms with Crippen molar-refractivity contribution >= 4 is 17.3 Å². The lowest BCUT2D eigenvalue weighted by Crippen LogP contribution is -2.16. The van der Waals surface area contributed by atoms with Gasteiger partial charge in [-0.1, -0.05) is 35.7 Å². The maximum absolute atomic E-state index is 5.89. The van der Waals surface area contributed by atoms with Crippen LogP contribution in [0.3, 0.4) is 0 Å². The van der Waals surface area contributed by atoms with E-state index in [4.69, 9.17) is 17.3 Å². The van der Waals surface area contributed by atoms with Crippen LogP contribution in [-0.2, 0) is 0 Å². The van der Waals surface area contributed by atoms with Crippen LogP contribution in [0.4, 0.5) is 5.69 Å². The number of rotatable bonds is 1. The van der Waals surface area contributed by atoms with Gasteiger partial charge in [0.15, 0.2) is 0 Å². The fraction of sp³-hybridized carbons (Fsp3) is 0.208. The number of nitrogens with zero attached hydrogens (tertiary/aromatic N) is 1. The van der Waals surface area contributed by atoms with Gasteiger partial charge in [-0.2, -0.15) is 0 Å². The zero-order valence-electron chi connectivity index (χ0n) is 16.0. The largest absolute Gasteiger partial charge is 0.399 e. The number of aromatic nitrogens is 1. The molecule has 3 aromatic rings. The van der Waals surface area contributed by atoms with Gasteiger partial charge in [0.2, 0.25) is 0 Å². The topological polar surface area (TPSA) is 50.9 Å². The van der Waals surface area contributed by atoms with Crippen molar-refractivity contribution in [2.75, 3.05) is 12.3 Å². The summed E-state index contributed by atoms with van der Waals surface area (Å²) in [6.45, 7) is 3.47. The monoisotopic (exact) mass is 389 g/mol. The molecule has 0 aliphatic carbocycles. The van der Waals surface area contributed by atoms with Gasteiger partial charge >= 0.3 is 0 Å². The second-order valence-electron chi connectivity index (χ2n) is 6.81. The van der Waals surface area contributed by atoms with E-state index in [-0.39, 0.29) is 0 Å². The minimum absolute atomic E-state index is 0.725. The van der Waals surface area contributed by atoms with Crippen LogP contribution in [0, 0.1) is 11.8 Å². The summed E-state index contributed by atoms with van der Waals surface area (Å²) in [7, 11) is 0. The first-order chi connectivity index (χ1) is 13.6. The van der Waals surface area contributed by atoms with Crippen LogP contribution in [0.2, 0.25) is 5.02 Å². The summed E-state index contributed by atoms with van der Waals surface area (Å²) in [5.74, 6) is 6.11. The van der Waals surface area contributed by atoms with Gasteiger partial charge in [0.25, 0.3) is 0 Å². The highest BCUT2D eigenvalue weighted by Crippen LogP contribution is 2.20. The molecule has 0 amide bonds. The highest BCUT2D eigenvalue weighted by molar-refractivity contribution is 6.30. The van der Waals surface area contributed by atoms with Crippen molar-refractivity contribution in [1.29, 1.82) is 0 Å². The lowest BCUT2D eigenvalue weighted by Gasteiger charge is -2.01. The van der Waals surface area contributed by atoms with E-state index in [9.17, 15) is 0 Å². The quantitative estimate of drug-likeness (QED) is 0.447. The van der Waals surface area contributed by atoms with Crippen molar-refractivity contribution in [2.45, 2.75) is 25.8 Å². The van der Waals surface area contributed by atoms with Gasteiger partial charge in [0, 0.05) is 34.1 Å². The van der Waals surface area contributed by atoms with Gasteiger partial charge in [-0.05, 0) is 80.3 Å². The van der Waals surface area contributed by atoms with Gasteiger partial charge in [-0.15, -0.1) is 0 Å². The lowest BCUT2D eigenvalue weighted by atomic mass is 10.1. The summed E-state index contributed by atoms with van der Waals surface area (Å²) in [6, 6.07) is 19.8. The van der Waals surface area contributed by atoms with Gasteiger partial charge in [0.05, 0.1) is 0 Å². The first kappa shape index (κ1) is 19.9. The third-order valence-corrected chi connectivity index (χ3v) is 4.75. The Labute approximate surface area is 172 Å². The summed E-state index contributed by atoms with van der Waals surface area (Å²) >= 11 is 5.89. The van der Waals surface area contributed by atoms with Gasteiger partial charge in [-0.25, -0.2) is 4.98 Å². The highest BCUT2D eigenvalue weighted by atomic mass is 35.5. The molecule has 28 heavy (non-hydrogen) atoms. The van der Waals surface area contributed by atoms with Crippen LogP contribution >= 0.6 is 11.6 Å². The van der Waals surface area contributed by atoms with Crippen LogP contribution < -0.4 is 11.1 Å². The molecule has 0 spiro atoms. The number of hydrogen-bond acceptors (Lipinski definition) is 3. The average molecular weight is 390 g/mol. The van der Waals surface area contributed by atoms with Crippen LogP contribution in [0.1, 0.15) is 31.0 Å². The van der Waals surface area contributed by atoms with Crippen LogP contribution in [0.15, 0.2) is 66.9 Å². The van der Waals surface area contributed by atoms with E-state index in [0.717, 1.165) is 39.1 Å². The van der Waals surface area contributed by atoms with Crippen molar-refractivity contribution in [1.82, 2.24) is 10.3 Å². The molecule has 3 N–H and O–H groups in total. The van der Waals surface area contributed by atoms with Gasteiger partial charge < -0.3 is 11.1 Å². The average Bonchev–Trinajstić information content (AvgIpc) is 3.20. The number of hydrogen-bond donors (Lipinski definition) is 2. The first-order valence-corrected chi connectivity index (χ1v) is 9.81. The number of benzene rings is 2. The Morgan fingerprint density at radius 2 is 1.68 bits per heavy atom. The van der Waals surface area contributed by atoms with E-state index in [0.29, 0.717) is 0 Å². The first-order valence-electron chi connectivity index (χ1n) is 9.43. The fourth-order valence-electron chi connectivity index (χ4n) is 2.84. The standard InChI is InChI=1S/C19H13ClN2.C5H11N/c20-17-7-4-15(5-8-17)16-6-12-19(22-13-16)11-3-14-1-9-18(21)10-2-14;1-5-3-2-4-6-5/h1-2,4-10,12-13H,21H2;5-6H,2-4H2,1H3. The molecule has 2 heterocycles. The summed E-state index contributed by atoms with van der Waals surface area (Å²) in [4.78, 5) is 4.38. The van der Waals surface area contributed by atoms with E-state index in [1.165, 1.54) is 19.4 Å². The Bertz CT molecular complexity index is 930. The van der Waals surface area contributed by atoms with E-state index in [1.807, 2.05) is 66.9 Å². The second-order valence-corrected chi connectivity index (χ2v) is 7.24. The Kier molecular flexibility index (Phi) is 7.08. The van der Waals surface area contributed by atoms with Gasteiger partial charge in [0.1, 0.15) is 5.69 Å². The molecule has 1 fully saturated rings. The lowest BCUT2D eigenvalue weighted by molar-refractivity contribution is 0.664. The van der Waals surface area contributed by atoms with E-state index in [1.54, 1.807) is 0 Å². The number of nitrogen functional groups attached to an aromatic ring is 1. The number of anilines is 1. The maximum atomic E-state index is 5.89. The molecule has 142 valence electrons. The number of nitrogens with one attached hydrogen (secondary N) is 1. The fourth-order valence-corrected chi connectivity index (χ4v) is 2.97. The predicted molar refractivity (Wildman–Crippen MR) is 118 cm³/mol. The van der Waals surface area contributed by atoms with Crippen molar-refractivity contribution in [3.05, 3.63) is 83.1 Å². The van der Waals surface area contributed by atoms with Crippen LogP contribution in [-0.4, -0.2) is 17.6 Å². The van der Waals surface area contributed by atoms with Crippen molar-refractivity contribution in [2.24, 2.45) is 0 Å². The number of pyridine rings is 1. The molecule has 1 unspecified atom stereocenters. The molecule has 1 aromatic heterocycles. The molecule has 0 saturated carbocycles. The number of halogens is 1. The molecular formula is C24H24ClN3.